The third-order valence-corrected chi connectivity index (χ3v) is 3.14. The summed E-state index contributed by atoms with van der Waals surface area (Å²) in [4.78, 5) is 22.9. The molecule has 0 saturated carbocycles. The molecule has 0 saturated heterocycles. The van der Waals surface area contributed by atoms with Crippen molar-refractivity contribution in [2.45, 2.75) is 39.5 Å². The lowest BCUT2D eigenvalue weighted by molar-refractivity contribution is -0.121. The Morgan fingerprint density at radius 2 is 1.26 bits per heavy atom. The minimum Gasteiger partial charge on any atom is -0.356 e. The fraction of sp³-hybridized carbons (Fsp3) is 0.846. The van der Waals surface area contributed by atoms with Crippen LogP contribution in [0.3, 0.4) is 0 Å². The van der Waals surface area contributed by atoms with Crippen LogP contribution in [-0.2, 0) is 9.59 Å². The average Bonchev–Trinajstić information content (AvgIpc) is 2.38. The molecule has 0 rings (SSSR count). The second-order valence-electron chi connectivity index (χ2n) is 5.30. The Kier molecular flexibility index (Phi) is 10.1. The number of amides is 2. The molecule has 0 aliphatic rings. The summed E-state index contributed by atoms with van der Waals surface area (Å²) < 4.78 is 0. The molecule has 19 heavy (non-hydrogen) atoms. The summed E-state index contributed by atoms with van der Waals surface area (Å²) in [6.45, 7) is 5.06. The summed E-state index contributed by atoms with van der Waals surface area (Å²) in [6.07, 6.45) is 2.26. The monoisotopic (exact) mass is 310 g/mol. The molecule has 0 atom stereocenters. The first-order chi connectivity index (χ1) is 8.91. The molecule has 0 unspecified atom stereocenters. The largest absolute Gasteiger partial charge is 0.356 e. The van der Waals surface area contributed by atoms with Crippen LogP contribution in [0.5, 0.6) is 0 Å². The van der Waals surface area contributed by atoms with Crippen molar-refractivity contribution in [3.63, 3.8) is 0 Å². The van der Waals surface area contributed by atoms with Gasteiger partial charge in [-0.1, -0.05) is 13.8 Å². The van der Waals surface area contributed by atoms with Gasteiger partial charge in [0.05, 0.1) is 0 Å². The number of nitrogens with one attached hydrogen (secondary N) is 2. The highest BCUT2D eigenvalue weighted by Gasteiger charge is 2.19. The number of carbonyl (C=O) groups is 2. The van der Waals surface area contributed by atoms with Crippen LogP contribution in [0.1, 0.15) is 39.5 Å². The lowest BCUT2D eigenvalue weighted by Gasteiger charge is -2.25. The Labute approximate surface area is 125 Å². The molecule has 4 nitrogen and oxygen atoms in total. The summed E-state index contributed by atoms with van der Waals surface area (Å²) in [7, 11) is 0. The number of halogens is 2. The fourth-order valence-corrected chi connectivity index (χ4v) is 1.64. The van der Waals surface area contributed by atoms with Crippen LogP contribution in [0.15, 0.2) is 0 Å². The van der Waals surface area contributed by atoms with Crippen molar-refractivity contribution in [1.29, 1.82) is 0 Å². The first-order valence-electron chi connectivity index (χ1n) is 6.56. The van der Waals surface area contributed by atoms with E-state index in [1.54, 1.807) is 0 Å². The molecule has 0 aliphatic carbocycles. The highest BCUT2D eigenvalue weighted by molar-refractivity contribution is 6.18. The average molecular weight is 311 g/mol. The zero-order chi connectivity index (χ0) is 14.7. The maximum Gasteiger partial charge on any atom is 0.220 e. The summed E-state index contributed by atoms with van der Waals surface area (Å²) in [6, 6.07) is 0. The first-order valence-corrected chi connectivity index (χ1v) is 7.63. The zero-order valence-corrected chi connectivity index (χ0v) is 13.2. The van der Waals surface area contributed by atoms with Gasteiger partial charge in [0, 0.05) is 37.7 Å². The lowest BCUT2D eigenvalue weighted by Crippen LogP contribution is -2.42. The topological polar surface area (TPSA) is 58.2 Å². The third kappa shape index (κ3) is 11.1. The summed E-state index contributed by atoms with van der Waals surface area (Å²) in [5, 5.41) is 5.71. The van der Waals surface area contributed by atoms with Gasteiger partial charge in [-0.05, 0) is 18.3 Å². The standard InChI is InChI=1S/C13H24Cl2N2O2/c1-13(2,9-16-11(18)5-3-7-14)10-17-12(19)6-4-8-15/h3-10H2,1-2H3,(H,16,18)(H,17,19). The molecule has 0 spiro atoms. The molecule has 0 aliphatic heterocycles. The van der Waals surface area contributed by atoms with Crippen LogP contribution in [0, 0.1) is 5.41 Å². The van der Waals surface area contributed by atoms with Gasteiger partial charge in [-0.15, -0.1) is 23.2 Å². The van der Waals surface area contributed by atoms with E-state index in [1.807, 2.05) is 13.8 Å². The summed E-state index contributed by atoms with van der Waals surface area (Å²) in [5.41, 5.74) is -0.173. The maximum absolute atomic E-state index is 11.5. The SMILES string of the molecule is CC(C)(CNC(=O)CCCCl)CNC(=O)CCCCl. The van der Waals surface area contributed by atoms with Crippen molar-refractivity contribution in [1.82, 2.24) is 10.6 Å². The normalized spacial score (nSPS) is 11.2. The number of alkyl halides is 2. The molecule has 0 aromatic heterocycles. The van der Waals surface area contributed by atoms with Crippen molar-refractivity contribution >= 4 is 35.0 Å². The molecule has 0 fully saturated rings. The molecule has 6 heteroatoms. The van der Waals surface area contributed by atoms with Crippen LogP contribution >= 0.6 is 23.2 Å². The second-order valence-corrected chi connectivity index (χ2v) is 6.06. The quantitative estimate of drug-likeness (QED) is 0.608. The summed E-state index contributed by atoms with van der Waals surface area (Å²) >= 11 is 11.1. The van der Waals surface area contributed by atoms with E-state index in [0.29, 0.717) is 50.5 Å². The van der Waals surface area contributed by atoms with E-state index in [2.05, 4.69) is 10.6 Å². The number of carbonyl (C=O) groups excluding carboxylic acids is 2. The Morgan fingerprint density at radius 1 is 0.895 bits per heavy atom. The smallest absolute Gasteiger partial charge is 0.220 e. The van der Waals surface area contributed by atoms with Crippen LogP contribution in [0.2, 0.25) is 0 Å². The Bertz CT molecular complexity index is 258. The lowest BCUT2D eigenvalue weighted by atomic mass is 9.93. The number of hydrogen-bond donors (Lipinski definition) is 2. The predicted octanol–water partition coefficient (Wildman–Crippen LogP) is 2.28. The van der Waals surface area contributed by atoms with E-state index < -0.39 is 0 Å². The Balaban J connectivity index is 3.84. The maximum atomic E-state index is 11.5. The van der Waals surface area contributed by atoms with Gasteiger partial charge in [0.25, 0.3) is 0 Å². The molecule has 0 aromatic carbocycles. The number of rotatable bonds is 10. The van der Waals surface area contributed by atoms with E-state index in [9.17, 15) is 9.59 Å². The van der Waals surface area contributed by atoms with Gasteiger partial charge in [-0.3, -0.25) is 9.59 Å². The van der Waals surface area contributed by atoms with Gasteiger partial charge in [-0.25, -0.2) is 0 Å². The van der Waals surface area contributed by atoms with Crippen molar-refractivity contribution in [3.8, 4) is 0 Å². The van der Waals surface area contributed by atoms with Gasteiger partial charge in [0.15, 0.2) is 0 Å². The van der Waals surface area contributed by atoms with Crippen molar-refractivity contribution in [2.75, 3.05) is 24.8 Å². The van der Waals surface area contributed by atoms with Crippen LogP contribution in [-0.4, -0.2) is 36.7 Å². The zero-order valence-electron chi connectivity index (χ0n) is 11.7. The van der Waals surface area contributed by atoms with Gasteiger partial charge >= 0.3 is 0 Å². The molecule has 2 N–H and O–H groups in total. The van der Waals surface area contributed by atoms with Crippen molar-refractivity contribution < 1.29 is 9.59 Å². The highest BCUT2D eigenvalue weighted by atomic mass is 35.5. The third-order valence-electron chi connectivity index (χ3n) is 2.60. The second kappa shape index (κ2) is 10.3. The molecule has 0 radical (unpaired) electrons. The molecule has 0 heterocycles. The van der Waals surface area contributed by atoms with Crippen LogP contribution in [0.25, 0.3) is 0 Å². The van der Waals surface area contributed by atoms with Crippen LogP contribution in [0.4, 0.5) is 0 Å². The molecule has 0 bridgehead atoms. The highest BCUT2D eigenvalue weighted by Crippen LogP contribution is 2.12. The minimum atomic E-state index is -0.173. The molecular formula is C13H24Cl2N2O2. The van der Waals surface area contributed by atoms with Crippen LogP contribution < -0.4 is 10.6 Å². The van der Waals surface area contributed by atoms with E-state index in [-0.39, 0.29) is 17.2 Å². The first kappa shape index (κ1) is 18.5. The minimum absolute atomic E-state index is 0.00203. The van der Waals surface area contributed by atoms with Crippen molar-refractivity contribution in [3.05, 3.63) is 0 Å². The van der Waals surface area contributed by atoms with Gasteiger partial charge in [0.1, 0.15) is 0 Å². The van der Waals surface area contributed by atoms with E-state index in [1.165, 1.54) is 0 Å². The van der Waals surface area contributed by atoms with E-state index in [4.69, 9.17) is 23.2 Å². The molecule has 2 amide bonds. The number of hydrogen-bond acceptors (Lipinski definition) is 2. The predicted molar refractivity (Wildman–Crippen MR) is 79.7 cm³/mol. The Morgan fingerprint density at radius 3 is 1.58 bits per heavy atom. The molecule has 0 aromatic rings. The van der Waals surface area contributed by atoms with Gasteiger partial charge < -0.3 is 10.6 Å². The molecular weight excluding hydrogens is 287 g/mol. The van der Waals surface area contributed by atoms with Gasteiger partial charge in [0.2, 0.25) is 11.8 Å². The Hall–Kier alpha value is -0.480. The van der Waals surface area contributed by atoms with Crippen molar-refractivity contribution in [2.24, 2.45) is 5.41 Å². The summed E-state index contributed by atoms with van der Waals surface area (Å²) in [5.74, 6) is 0.991. The fourth-order valence-electron chi connectivity index (χ4n) is 1.37. The molecule has 112 valence electrons. The van der Waals surface area contributed by atoms with Gasteiger partial charge in [-0.2, -0.15) is 0 Å². The van der Waals surface area contributed by atoms with E-state index >= 15 is 0 Å². The van der Waals surface area contributed by atoms with E-state index in [0.717, 1.165) is 0 Å².